The first-order valence-electron chi connectivity index (χ1n) is 6.82. The second kappa shape index (κ2) is 6.11. The normalized spacial score (nSPS) is 16.5. The van der Waals surface area contributed by atoms with Crippen LogP contribution in [0.25, 0.3) is 0 Å². The van der Waals surface area contributed by atoms with E-state index >= 15 is 0 Å². The zero-order valence-electron chi connectivity index (χ0n) is 11.8. The van der Waals surface area contributed by atoms with Crippen molar-refractivity contribution in [1.82, 2.24) is 4.31 Å². The van der Waals surface area contributed by atoms with Crippen molar-refractivity contribution in [2.45, 2.75) is 43.5 Å². The standard InChI is InChI=1S/C14H18FNO4S/c1-10-6-7-12(8-13(10)15)21(19,20)16(9-14(17)18)11-4-2-3-5-11/h6-8,11H,2-5,9H2,1H3,(H,17,18). The molecule has 0 atom stereocenters. The number of nitrogens with zero attached hydrogens (tertiary/aromatic N) is 1. The van der Waals surface area contributed by atoms with Crippen LogP contribution in [-0.2, 0) is 14.8 Å². The van der Waals surface area contributed by atoms with Crippen LogP contribution in [0, 0.1) is 12.7 Å². The summed E-state index contributed by atoms with van der Waals surface area (Å²) in [7, 11) is -4.01. The van der Waals surface area contributed by atoms with Gasteiger partial charge in [-0.15, -0.1) is 0 Å². The Bertz CT molecular complexity index is 638. The van der Waals surface area contributed by atoms with Gasteiger partial charge in [0.2, 0.25) is 10.0 Å². The first-order chi connectivity index (χ1) is 9.82. The maximum Gasteiger partial charge on any atom is 0.318 e. The highest BCUT2D eigenvalue weighted by molar-refractivity contribution is 7.89. The third kappa shape index (κ3) is 3.41. The predicted octanol–water partition coefficient (Wildman–Crippen LogP) is 2.15. The monoisotopic (exact) mass is 315 g/mol. The fraction of sp³-hybridized carbons (Fsp3) is 0.500. The van der Waals surface area contributed by atoms with Crippen molar-refractivity contribution >= 4 is 16.0 Å². The van der Waals surface area contributed by atoms with E-state index in [4.69, 9.17) is 5.11 Å². The number of hydrogen-bond acceptors (Lipinski definition) is 3. The van der Waals surface area contributed by atoms with Crippen molar-refractivity contribution in [3.8, 4) is 0 Å². The molecule has 21 heavy (non-hydrogen) atoms. The van der Waals surface area contributed by atoms with Crippen LogP contribution in [0.2, 0.25) is 0 Å². The number of carbonyl (C=O) groups is 1. The topological polar surface area (TPSA) is 74.7 Å². The summed E-state index contributed by atoms with van der Waals surface area (Å²) < 4.78 is 39.8. The summed E-state index contributed by atoms with van der Waals surface area (Å²) in [5.74, 6) is -1.82. The van der Waals surface area contributed by atoms with Gasteiger partial charge in [0, 0.05) is 6.04 Å². The van der Waals surface area contributed by atoms with E-state index in [0.29, 0.717) is 18.4 Å². The summed E-state index contributed by atoms with van der Waals surface area (Å²) in [5, 5.41) is 8.97. The minimum absolute atomic E-state index is 0.196. The summed E-state index contributed by atoms with van der Waals surface area (Å²) in [6, 6.07) is 3.33. The lowest BCUT2D eigenvalue weighted by Crippen LogP contribution is -2.42. The van der Waals surface area contributed by atoms with Crippen molar-refractivity contribution < 1.29 is 22.7 Å². The summed E-state index contributed by atoms with van der Waals surface area (Å²) in [6.07, 6.45) is 3.03. The van der Waals surface area contributed by atoms with E-state index in [0.717, 1.165) is 23.2 Å². The molecule has 1 aromatic carbocycles. The SMILES string of the molecule is Cc1ccc(S(=O)(=O)N(CC(=O)O)C2CCCC2)cc1F. The Labute approximate surface area is 123 Å². The minimum Gasteiger partial charge on any atom is -0.480 e. The first kappa shape index (κ1) is 15.9. The van der Waals surface area contributed by atoms with Gasteiger partial charge in [0.05, 0.1) is 4.90 Å². The molecule has 116 valence electrons. The van der Waals surface area contributed by atoms with Crippen molar-refractivity contribution in [3.05, 3.63) is 29.6 Å². The maximum absolute atomic E-state index is 13.6. The van der Waals surface area contributed by atoms with Gasteiger partial charge in [0.25, 0.3) is 0 Å². The molecular weight excluding hydrogens is 297 g/mol. The average molecular weight is 315 g/mol. The number of benzene rings is 1. The molecule has 1 N–H and O–H groups in total. The fourth-order valence-corrected chi connectivity index (χ4v) is 4.25. The molecule has 7 heteroatoms. The number of rotatable bonds is 5. The number of halogens is 1. The molecular formula is C14H18FNO4S. The molecule has 1 aliphatic rings. The number of aryl methyl sites for hydroxylation is 1. The molecule has 0 spiro atoms. The summed E-state index contributed by atoms with van der Waals surface area (Å²) >= 11 is 0. The highest BCUT2D eigenvalue weighted by atomic mass is 32.2. The van der Waals surface area contributed by atoms with Gasteiger partial charge in [0.1, 0.15) is 12.4 Å². The van der Waals surface area contributed by atoms with Crippen molar-refractivity contribution in [2.75, 3.05) is 6.54 Å². The number of aliphatic carboxylic acids is 1. The van der Waals surface area contributed by atoms with E-state index in [-0.39, 0.29) is 10.9 Å². The Hall–Kier alpha value is -1.47. The van der Waals surface area contributed by atoms with E-state index in [1.807, 2.05) is 0 Å². The Kier molecular flexibility index (Phi) is 4.63. The molecule has 1 fully saturated rings. The fourth-order valence-electron chi connectivity index (χ4n) is 2.61. The zero-order valence-corrected chi connectivity index (χ0v) is 12.6. The van der Waals surface area contributed by atoms with Crippen LogP contribution < -0.4 is 0 Å². The van der Waals surface area contributed by atoms with Crippen LogP contribution in [0.3, 0.4) is 0 Å². The van der Waals surface area contributed by atoms with E-state index in [1.54, 1.807) is 0 Å². The smallest absolute Gasteiger partial charge is 0.318 e. The van der Waals surface area contributed by atoms with Gasteiger partial charge in [0.15, 0.2) is 0 Å². The molecule has 0 unspecified atom stereocenters. The maximum atomic E-state index is 13.6. The Balaban J connectivity index is 2.40. The van der Waals surface area contributed by atoms with Gasteiger partial charge in [-0.25, -0.2) is 12.8 Å². The molecule has 1 saturated carbocycles. The molecule has 1 aliphatic carbocycles. The van der Waals surface area contributed by atoms with E-state index in [2.05, 4.69) is 0 Å². The molecule has 0 aliphatic heterocycles. The highest BCUT2D eigenvalue weighted by Crippen LogP contribution is 2.29. The Morgan fingerprint density at radius 1 is 1.38 bits per heavy atom. The molecule has 1 aromatic rings. The van der Waals surface area contributed by atoms with Crippen LogP contribution in [-0.4, -0.2) is 36.4 Å². The number of hydrogen-bond donors (Lipinski definition) is 1. The molecule has 0 heterocycles. The van der Waals surface area contributed by atoms with Crippen molar-refractivity contribution in [3.63, 3.8) is 0 Å². The molecule has 5 nitrogen and oxygen atoms in total. The first-order valence-corrected chi connectivity index (χ1v) is 8.26. The quantitative estimate of drug-likeness (QED) is 0.903. The molecule has 0 amide bonds. The number of carboxylic acids is 1. The van der Waals surface area contributed by atoms with Gasteiger partial charge >= 0.3 is 5.97 Å². The lowest BCUT2D eigenvalue weighted by atomic mass is 10.2. The lowest BCUT2D eigenvalue weighted by Gasteiger charge is -2.26. The van der Waals surface area contributed by atoms with Crippen LogP contribution in [0.5, 0.6) is 0 Å². The third-order valence-electron chi connectivity index (χ3n) is 3.77. The van der Waals surface area contributed by atoms with E-state index < -0.39 is 28.4 Å². The molecule has 0 aromatic heterocycles. The van der Waals surface area contributed by atoms with Gasteiger partial charge in [-0.1, -0.05) is 18.9 Å². The van der Waals surface area contributed by atoms with Crippen LogP contribution in [0.4, 0.5) is 4.39 Å². The van der Waals surface area contributed by atoms with Gasteiger partial charge in [-0.2, -0.15) is 4.31 Å². The minimum atomic E-state index is -4.01. The van der Waals surface area contributed by atoms with Crippen LogP contribution >= 0.6 is 0 Å². The summed E-state index contributed by atoms with van der Waals surface area (Å²) in [6.45, 7) is 0.945. The zero-order chi connectivity index (χ0) is 15.6. The van der Waals surface area contributed by atoms with E-state index in [9.17, 15) is 17.6 Å². The molecule has 0 saturated heterocycles. The van der Waals surface area contributed by atoms with Gasteiger partial charge in [-0.3, -0.25) is 4.79 Å². The summed E-state index contributed by atoms with van der Waals surface area (Å²) in [4.78, 5) is 10.8. The van der Waals surface area contributed by atoms with Gasteiger partial charge in [-0.05, 0) is 37.5 Å². The average Bonchev–Trinajstić information content (AvgIpc) is 2.92. The number of carboxylic acid groups (broad SMARTS) is 1. The molecule has 2 rings (SSSR count). The summed E-state index contributed by atoms with van der Waals surface area (Å²) in [5.41, 5.74) is 0.347. The van der Waals surface area contributed by atoms with Crippen molar-refractivity contribution in [2.24, 2.45) is 0 Å². The van der Waals surface area contributed by atoms with Gasteiger partial charge < -0.3 is 5.11 Å². The van der Waals surface area contributed by atoms with Crippen LogP contribution in [0.15, 0.2) is 23.1 Å². The highest BCUT2D eigenvalue weighted by Gasteiger charge is 2.34. The van der Waals surface area contributed by atoms with E-state index in [1.165, 1.54) is 19.1 Å². The van der Waals surface area contributed by atoms with Crippen LogP contribution in [0.1, 0.15) is 31.2 Å². The number of sulfonamides is 1. The Morgan fingerprint density at radius 2 is 2.00 bits per heavy atom. The predicted molar refractivity (Wildman–Crippen MR) is 74.9 cm³/mol. The third-order valence-corrected chi connectivity index (χ3v) is 5.67. The van der Waals surface area contributed by atoms with Crippen molar-refractivity contribution in [1.29, 1.82) is 0 Å². The molecule has 0 bridgehead atoms. The second-order valence-electron chi connectivity index (χ2n) is 5.29. The second-order valence-corrected chi connectivity index (χ2v) is 7.18. The largest absolute Gasteiger partial charge is 0.480 e. The molecule has 0 radical (unpaired) electrons. The Morgan fingerprint density at radius 3 is 2.52 bits per heavy atom. The lowest BCUT2D eigenvalue weighted by molar-refractivity contribution is -0.137.